The number of anilines is 1. The highest BCUT2D eigenvalue weighted by atomic mass is 32.2. The highest BCUT2D eigenvalue weighted by Crippen LogP contribution is 2.42. The van der Waals surface area contributed by atoms with Gasteiger partial charge in [-0.2, -0.15) is 0 Å². The number of fused-ring (bicyclic) bond motifs is 1. The molecule has 5 nitrogen and oxygen atoms in total. The molecule has 1 aliphatic heterocycles. The Morgan fingerprint density at radius 1 is 1.00 bits per heavy atom. The van der Waals surface area contributed by atoms with E-state index >= 15 is 0 Å². The van der Waals surface area contributed by atoms with Gasteiger partial charge in [-0.1, -0.05) is 67.8 Å². The van der Waals surface area contributed by atoms with Crippen molar-refractivity contribution >= 4 is 27.2 Å². The summed E-state index contributed by atoms with van der Waals surface area (Å²) in [7, 11) is -3.98. The molecule has 1 N–H and O–H groups in total. The molecule has 30 heavy (non-hydrogen) atoms. The zero-order valence-electron chi connectivity index (χ0n) is 17.3. The lowest BCUT2D eigenvalue weighted by molar-refractivity contribution is -0.117. The summed E-state index contributed by atoms with van der Waals surface area (Å²) in [4.78, 5) is 13.2. The van der Waals surface area contributed by atoms with E-state index in [4.69, 9.17) is 0 Å². The molecular formula is C24H28N2O3S. The van der Waals surface area contributed by atoms with Crippen LogP contribution < -0.4 is 9.62 Å². The molecule has 158 valence electrons. The molecule has 0 bridgehead atoms. The van der Waals surface area contributed by atoms with Gasteiger partial charge >= 0.3 is 0 Å². The summed E-state index contributed by atoms with van der Waals surface area (Å²) < 4.78 is 28.5. The van der Waals surface area contributed by atoms with Crippen LogP contribution in [0.2, 0.25) is 0 Å². The van der Waals surface area contributed by atoms with Crippen LogP contribution in [0.1, 0.15) is 50.2 Å². The highest BCUT2D eigenvalue weighted by molar-refractivity contribution is 7.97. The molecule has 6 heteroatoms. The van der Waals surface area contributed by atoms with Crippen LogP contribution in [-0.4, -0.2) is 27.4 Å². The summed E-state index contributed by atoms with van der Waals surface area (Å²) in [5, 5.41) is 2.95. The van der Waals surface area contributed by atoms with Gasteiger partial charge in [0.25, 0.3) is 15.9 Å². The number of carbonyl (C=O) groups excluding carboxylic acids is 1. The monoisotopic (exact) mass is 424 g/mol. The summed E-state index contributed by atoms with van der Waals surface area (Å²) in [5.41, 5.74) is 2.59. The van der Waals surface area contributed by atoms with Crippen LogP contribution in [0.3, 0.4) is 0 Å². The molecular weight excluding hydrogens is 396 g/mol. The van der Waals surface area contributed by atoms with Crippen molar-refractivity contribution in [2.75, 3.05) is 17.4 Å². The maximum absolute atomic E-state index is 13.6. The number of nitrogens with zero attached hydrogens (tertiary/aromatic N) is 1. The molecule has 0 unspecified atom stereocenters. The molecule has 0 radical (unpaired) electrons. The van der Waals surface area contributed by atoms with E-state index in [-0.39, 0.29) is 11.4 Å². The smallest absolute Gasteiger partial charge is 0.270 e. The summed E-state index contributed by atoms with van der Waals surface area (Å²) in [6, 6.07) is 16.7. The van der Waals surface area contributed by atoms with Gasteiger partial charge in [-0.05, 0) is 37.3 Å². The summed E-state index contributed by atoms with van der Waals surface area (Å²) in [5.74, 6) is -0.0864. The van der Waals surface area contributed by atoms with Crippen LogP contribution in [0.15, 0.2) is 59.5 Å². The second-order valence-electron chi connectivity index (χ2n) is 7.97. The van der Waals surface area contributed by atoms with Crippen molar-refractivity contribution in [3.05, 3.63) is 70.6 Å². The number of rotatable bonds is 5. The Balaban J connectivity index is 1.83. The van der Waals surface area contributed by atoms with E-state index in [2.05, 4.69) is 5.32 Å². The Morgan fingerprint density at radius 2 is 1.67 bits per heavy atom. The number of amides is 1. The zero-order chi connectivity index (χ0) is 21.1. The number of para-hydroxylation sites is 1. The molecule has 0 atom stereocenters. The van der Waals surface area contributed by atoms with E-state index < -0.39 is 15.9 Å². The second kappa shape index (κ2) is 8.64. The second-order valence-corrected chi connectivity index (χ2v) is 9.77. The average molecular weight is 425 g/mol. The van der Waals surface area contributed by atoms with Crippen LogP contribution in [0, 0.1) is 5.92 Å². The molecule has 1 heterocycles. The molecule has 1 aliphatic carbocycles. The zero-order valence-corrected chi connectivity index (χ0v) is 18.1. The Hall–Kier alpha value is -2.60. The van der Waals surface area contributed by atoms with Gasteiger partial charge in [-0.3, -0.25) is 9.10 Å². The molecule has 0 spiro atoms. The predicted octanol–water partition coefficient (Wildman–Crippen LogP) is 4.31. The normalized spacial score (nSPS) is 18.8. The first-order valence-corrected chi connectivity index (χ1v) is 12.2. The third kappa shape index (κ3) is 3.76. The Bertz CT molecular complexity index is 1050. The third-order valence-electron chi connectivity index (χ3n) is 6.05. The largest absolute Gasteiger partial charge is 0.351 e. The van der Waals surface area contributed by atoms with Gasteiger partial charge in [0.2, 0.25) is 0 Å². The molecule has 2 aromatic rings. The number of benzene rings is 2. The Morgan fingerprint density at radius 3 is 2.37 bits per heavy atom. The molecule has 0 aromatic heterocycles. The summed E-state index contributed by atoms with van der Waals surface area (Å²) in [6.07, 6.45) is 5.76. The van der Waals surface area contributed by atoms with Crippen molar-refractivity contribution in [1.29, 1.82) is 0 Å². The molecule has 4 rings (SSSR count). The minimum atomic E-state index is -3.98. The lowest BCUT2D eigenvalue weighted by atomic mass is 9.89. The van der Waals surface area contributed by atoms with E-state index in [1.807, 2.05) is 48.5 Å². The van der Waals surface area contributed by atoms with Crippen molar-refractivity contribution < 1.29 is 13.2 Å². The number of hydrogen-bond acceptors (Lipinski definition) is 3. The minimum absolute atomic E-state index is 0.148. The van der Waals surface area contributed by atoms with Gasteiger partial charge in [0.05, 0.1) is 5.69 Å². The number of nitrogens with one attached hydrogen (secondary N) is 1. The first-order chi connectivity index (χ1) is 14.5. The van der Waals surface area contributed by atoms with Crippen LogP contribution >= 0.6 is 0 Å². The number of carbonyl (C=O) groups is 1. The van der Waals surface area contributed by atoms with Gasteiger partial charge in [-0.25, -0.2) is 8.42 Å². The fourth-order valence-corrected chi connectivity index (χ4v) is 6.34. The highest BCUT2D eigenvalue weighted by Gasteiger charge is 2.40. The first-order valence-electron chi connectivity index (χ1n) is 10.7. The van der Waals surface area contributed by atoms with E-state index in [0.29, 0.717) is 23.7 Å². The van der Waals surface area contributed by atoms with Gasteiger partial charge in [0, 0.05) is 24.2 Å². The lowest BCUT2D eigenvalue weighted by Gasteiger charge is -2.33. The van der Waals surface area contributed by atoms with Gasteiger partial charge < -0.3 is 5.32 Å². The third-order valence-corrected chi connectivity index (χ3v) is 7.99. The van der Waals surface area contributed by atoms with Gasteiger partial charge in [0.15, 0.2) is 4.91 Å². The van der Waals surface area contributed by atoms with Crippen LogP contribution in [-0.2, 0) is 14.8 Å². The minimum Gasteiger partial charge on any atom is -0.351 e. The number of hydrogen-bond donors (Lipinski definition) is 1. The fraction of sp³-hybridized carbons (Fsp3) is 0.375. The van der Waals surface area contributed by atoms with Crippen molar-refractivity contribution in [1.82, 2.24) is 5.32 Å². The average Bonchev–Trinajstić information content (AvgIpc) is 2.77. The van der Waals surface area contributed by atoms with E-state index in [1.165, 1.54) is 23.6 Å². The lowest BCUT2D eigenvalue weighted by Crippen LogP contribution is -2.42. The van der Waals surface area contributed by atoms with Crippen LogP contribution in [0.25, 0.3) is 5.57 Å². The van der Waals surface area contributed by atoms with Gasteiger partial charge in [0.1, 0.15) is 0 Å². The topological polar surface area (TPSA) is 66.5 Å². The molecule has 1 fully saturated rings. The standard InChI is InChI=1S/C24H28N2O3S/c1-2-26-21-16-10-9-15-20(21)22(19-13-7-4-8-14-19)23(30(26,28)29)24(27)25-17-18-11-5-3-6-12-18/h4,7-10,13-16,18H,2-3,5-6,11-12,17H2,1H3,(H,25,27). The van der Waals surface area contributed by atoms with Gasteiger partial charge in [-0.15, -0.1) is 0 Å². The van der Waals surface area contributed by atoms with Crippen molar-refractivity contribution in [3.63, 3.8) is 0 Å². The van der Waals surface area contributed by atoms with E-state index in [9.17, 15) is 13.2 Å². The maximum atomic E-state index is 13.6. The van der Waals surface area contributed by atoms with E-state index in [0.717, 1.165) is 24.0 Å². The van der Waals surface area contributed by atoms with Crippen LogP contribution in [0.5, 0.6) is 0 Å². The number of sulfonamides is 1. The van der Waals surface area contributed by atoms with E-state index in [1.54, 1.807) is 13.0 Å². The Kier molecular flexibility index (Phi) is 5.95. The molecule has 2 aliphatic rings. The molecule has 0 saturated heterocycles. The molecule has 1 saturated carbocycles. The first kappa shape index (κ1) is 20.7. The van der Waals surface area contributed by atoms with Crippen molar-refractivity contribution in [2.45, 2.75) is 39.0 Å². The Labute approximate surface area is 178 Å². The van der Waals surface area contributed by atoms with Crippen LogP contribution in [0.4, 0.5) is 5.69 Å². The summed E-state index contributed by atoms with van der Waals surface area (Å²) >= 11 is 0. The van der Waals surface area contributed by atoms with Crippen molar-refractivity contribution in [2.24, 2.45) is 5.92 Å². The SMILES string of the molecule is CCN1c2ccccc2C(c2ccccc2)=C(C(=O)NCC2CCCCC2)S1(=O)=O. The maximum Gasteiger partial charge on any atom is 0.270 e. The summed E-state index contributed by atoms with van der Waals surface area (Å²) in [6.45, 7) is 2.58. The molecule has 2 aromatic carbocycles. The van der Waals surface area contributed by atoms with Crippen molar-refractivity contribution in [3.8, 4) is 0 Å². The quantitative estimate of drug-likeness (QED) is 0.778. The fourth-order valence-electron chi connectivity index (χ4n) is 4.56. The molecule has 1 amide bonds. The predicted molar refractivity (Wildman–Crippen MR) is 120 cm³/mol.